The number of nitriles is 1. The molecule has 0 aromatic heterocycles. The summed E-state index contributed by atoms with van der Waals surface area (Å²) in [6.07, 6.45) is 2.26. The van der Waals surface area contributed by atoms with Gasteiger partial charge in [-0.2, -0.15) is 5.26 Å². The summed E-state index contributed by atoms with van der Waals surface area (Å²) in [6, 6.07) is 8.04. The minimum Gasteiger partial charge on any atom is -0.304 e. The largest absolute Gasteiger partial charge is 0.304 e. The molecule has 0 unspecified atom stereocenters. The molecular weight excluding hydrogens is 232 g/mol. The van der Waals surface area contributed by atoms with Crippen LogP contribution in [0.2, 0.25) is 5.02 Å². The molecule has 1 aliphatic rings. The molecule has 0 atom stereocenters. The summed E-state index contributed by atoms with van der Waals surface area (Å²) < 4.78 is 0. The van der Waals surface area contributed by atoms with Crippen molar-refractivity contribution in [2.75, 3.05) is 19.6 Å². The third-order valence-corrected chi connectivity index (χ3v) is 3.95. The molecule has 1 heterocycles. The Morgan fingerprint density at radius 1 is 1.41 bits per heavy atom. The van der Waals surface area contributed by atoms with E-state index >= 15 is 0 Å². The second kappa shape index (κ2) is 5.53. The first kappa shape index (κ1) is 12.4. The zero-order chi connectivity index (χ0) is 12.3. The lowest BCUT2D eigenvalue weighted by molar-refractivity contribution is 0.222. The van der Waals surface area contributed by atoms with E-state index in [1.165, 1.54) is 0 Å². The lowest BCUT2D eigenvalue weighted by Gasteiger charge is -2.31. The highest BCUT2D eigenvalue weighted by Gasteiger charge is 2.22. The maximum absolute atomic E-state index is 9.18. The molecule has 0 radical (unpaired) electrons. The Morgan fingerprint density at radius 3 is 2.71 bits per heavy atom. The molecular formula is C14H17ClN2. The lowest BCUT2D eigenvalue weighted by Crippen LogP contribution is -2.32. The van der Waals surface area contributed by atoms with E-state index in [1.54, 1.807) is 6.07 Å². The second-order valence-electron chi connectivity index (χ2n) is 4.52. The van der Waals surface area contributed by atoms with Gasteiger partial charge in [-0.3, -0.25) is 0 Å². The molecule has 3 heteroatoms. The van der Waals surface area contributed by atoms with Crippen LogP contribution in [0.4, 0.5) is 0 Å². The number of rotatable bonds is 2. The van der Waals surface area contributed by atoms with Gasteiger partial charge in [-0.15, -0.1) is 0 Å². The molecule has 0 N–H and O–H groups in total. The van der Waals surface area contributed by atoms with E-state index in [2.05, 4.69) is 24.0 Å². The first-order valence-corrected chi connectivity index (χ1v) is 6.55. The van der Waals surface area contributed by atoms with Gasteiger partial charge in [0.1, 0.15) is 6.07 Å². The Labute approximate surface area is 108 Å². The molecule has 1 saturated heterocycles. The normalized spacial score (nSPS) is 17.9. The molecule has 0 amide bonds. The van der Waals surface area contributed by atoms with Crippen LogP contribution >= 0.6 is 11.6 Å². The maximum atomic E-state index is 9.18. The molecule has 0 aliphatic carbocycles. The highest BCUT2D eigenvalue weighted by atomic mass is 35.5. The molecule has 2 rings (SSSR count). The fourth-order valence-corrected chi connectivity index (χ4v) is 2.78. The molecule has 0 saturated carbocycles. The van der Waals surface area contributed by atoms with Crippen LogP contribution in [0.5, 0.6) is 0 Å². The van der Waals surface area contributed by atoms with Crippen LogP contribution in [0.15, 0.2) is 18.2 Å². The Kier molecular flexibility index (Phi) is 4.04. The third kappa shape index (κ3) is 2.62. The summed E-state index contributed by atoms with van der Waals surface area (Å²) in [5.41, 5.74) is 1.81. The third-order valence-electron chi connectivity index (χ3n) is 3.63. The Morgan fingerprint density at radius 2 is 2.12 bits per heavy atom. The predicted molar refractivity (Wildman–Crippen MR) is 70.3 cm³/mol. The topological polar surface area (TPSA) is 27.0 Å². The van der Waals surface area contributed by atoms with Gasteiger partial charge in [0.25, 0.3) is 0 Å². The van der Waals surface area contributed by atoms with Gasteiger partial charge in [0.2, 0.25) is 0 Å². The average molecular weight is 249 g/mol. The van der Waals surface area contributed by atoms with Gasteiger partial charge < -0.3 is 4.90 Å². The van der Waals surface area contributed by atoms with Crippen LogP contribution in [-0.4, -0.2) is 24.5 Å². The van der Waals surface area contributed by atoms with Crippen molar-refractivity contribution in [3.8, 4) is 6.07 Å². The Bertz CT molecular complexity index is 428. The van der Waals surface area contributed by atoms with E-state index in [0.717, 1.165) is 38.0 Å². The summed E-state index contributed by atoms with van der Waals surface area (Å²) in [6.45, 7) is 5.56. The van der Waals surface area contributed by atoms with Crippen molar-refractivity contribution in [1.82, 2.24) is 4.90 Å². The molecule has 1 aromatic rings. The van der Waals surface area contributed by atoms with Gasteiger partial charge in [0.15, 0.2) is 0 Å². The SMILES string of the molecule is CCN1CCC(c2cccc(Cl)c2C#N)CC1. The first-order valence-electron chi connectivity index (χ1n) is 6.17. The highest BCUT2D eigenvalue weighted by Crippen LogP contribution is 2.32. The number of halogens is 1. The standard InChI is InChI=1S/C14H17ClN2/c1-2-17-8-6-11(7-9-17)12-4-3-5-14(15)13(12)10-16/h3-5,11H,2,6-9H2,1H3. The van der Waals surface area contributed by atoms with E-state index in [4.69, 9.17) is 11.6 Å². The molecule has 1 aliphatic heterocycles. The van der Waals surface area contributed by atoms with Crippen LogP contribution in [0.3, 0.4) is 0 Å². The van der Waals surface area contributed by atoms with Gasteiger partial charge in [0.05, 0.1) is 10.6 Å². The summed E-state index contributed by atoms with van der Waals surface area (Å²) in [5, 5.41) is 9.77. The molecule has 1 fully saturated rings. The second-order valence-corrected chi connectivity index (χ2v) is 4.93. The van der Waals surface area contributed by atoms with Gasteiger partial charge in [-0.1, -0.05) is 30.7 Å². The van der Waals surface area contributed by atoms with E-state index in [9.17, 15) is 5.26 Å². The van der Waals surface area contributed by atoms with E-state index < -0.39 is 0 Å². The first-order chi connectivity index (χ1) is 8.26. The number of nitrogens with zero attached hydrogens (tertiary/aromatic N) is 2. The quantitative estimate of drug-likeness (QED) is 0.802. The van der Waals surface area contributed by atoms with E-state index in [1.807, 2.05) is 6.07 Å². The number of hydrogen-bond acceptors (Lipinski definition) is 2. The zero-order valence-electron chi connectivity index (χ0n) is 10.1. The predicted octanol–water partition coefficient (Wildman–Crippen LogP) is 3.41. The monoisotopic (exact) mass is 248 g/mol. The summed E-state index contributed by atoms with van der Waals surface area (Å²) in [4.78, 5) is 2.45. The van der Waals surface area contributed by atoms with Crippen LogP contribution in [0, 0.1) is 11.3 Å². The van der Waals surface area contributed by atoms with Crippen molar-refractivity contribution in [2.24, 2.45) is 0 Å². The summed E-state index contributed by atoms with van der Waals surface area (Å²) >= 11 is 6.07. The number of benzene rings is 1. The number of likely N-dealkylation sites (tertiary alicyclic amines) is 1. The summed E-state index contributed by atoms with van der Waals surface area (Å²) in [7, 11) is 0. The lowest BCUT2D eigenvalue weighted by atomic mass is 9.87. The molecule has 17 heavy (non-hydrogen) atoms. The van der Waals surface area contributed by atoms with Crippen LogP contribution in [0.1, 0.15) is 36.8 Å². The van der Waals surface area contributed by atoms with Gasteiger partial charge >= 0.3 is 0 Å². The fourth-order valence-electron chi connectivity index (χ4n) is 2.56. The molecule has 0 bridgehead atoms. The van der Waals surface area contributed by atoms with Crippen LogP contribution < -0.4 is 0 Å². The van der Waals surface area contributed by atoms with E-state index in [-0.39, 0.29) is 0 Å². The van der Waals surface area contributed by atoms with Gasteiger partial charge in [0, 0.05) is 0 Å². The average Bonchev–Trinajstić information content (AvgIpc) is 2.38. The van der Waals surface area contributed by atoms with Crippen molar-refractivity contribution in [2.45, 2.75) is 25.7 Å². The molecule has 1 aromatic carbocycles. The highest BCUT2D eigenvalue weighted by molar-refractivity contribution is 6.31. The number of hydrogen-bond donors (Lipinski definition) is 0. The van der Waals surface area contributed by atoms with Gasteiger partial charge in [-0.05, 0) is 50.0 Å². The molecule has 0 spiro atoms. The smallest absolute Gasteiger partial charge is 0.101 e. The van der Waals surface area contributed by atoms with Crippen molar-refractivity contribution < 1.29 is 0 Å². The molecule has 90 valence electrons. The van der Waals surface area contributed by atoms with Gasteiger partial charge in [-0.25, -0.2) is 0 Å². The number of piperidine rings is 1. The maximum Gasteiger partial charge on any atom is 0.101 e. The van der Waals surface area contributed by atoms with Crippen molar-refractivity contribution in [3.63, 3.8) is 0 Å². The van der Waals surface area contributed by atoms with E-state index in [0.29, 0.717) is 16.5 Å². The van der Waals surface area contributed by atoms with Crippen LogP contribution in [-0.2, 0) is 0 Å². The zero-order valence-corrected chi connectivity index (χ0v) is 10.9. The molecule has 2 nitrogen and oxygen atoms in total. The Hall–Kier alpha value is -1.04. The Balaban J connectivity index is 2.19. The van der Waals surface area contributed by atoms with Crippen molar-refractivity contribution in [1.29, 1.82) is 5.26 Å². The van der Waals surface area contributed by atoms with Crippen LogP contribution in [0.25, 0.3) is 0 Å². The summed E-state index contributed by atoms with van der Waals surface area (Å²) in [5.74, 6) is 0.492. The van der Waals surface area contributed by atoms with Crippen molar-refractivity contribution >= 4 is 11.6 Å². The fraction of sp³-hybridized carbons (Fsp3) is 0.500. The minimum absolute atomic E-state index is 0.492. The van der Waals surface area contributed by atoms with Crippen molar-refractivity contribution in [3.05, 3.63) is 34.3 Å². The minimum atomic E-state index is 0.492.